The molecule has 0 aliphatic carbocycles. The average molecular weight is 285 g/mol. The van der Waals surface area contributed by atoms with Gasteiger partial charge in [0.1, 0.15) is 5.69 Å². The molecule has 0 saturated heterocycles. The summed E-state index contributed by atoms with van der Waals surface area (Å²) in [6.45, 7) is 2.37. The van der Waals surface area contributed by atoms with E-state index in [1.165, 1.54) is 18.2 Å². The highest BCUT2D eigenvalue weighted by Crippen LogP contribution is 2.25. The van der Waals surface area contributed by atoms with Gasteiger partial charge in [-0.3, -0.25) is 14.9 Å². The van der Waals surface area contributed by atoms with E-state index < -0.39 is 4.92 Å². The molecule has 2 rings (SSSR count). The van der Waals surface area contributed by atoms with E-state index in [1.54, 1.807) is 12.1 Å². The Labute approximate surface area is 121 Å². The monoisotopic (exact) mass is 285 g/mol. The number of nitrogens with one attached hydrogen (secondary N) is 2. The van der Waals surface area contributed by atoms with Crippen molar-refractivity contribution in [2.75, 3.05) is 17.2 Å². The van der Waals surface area contributed by atoms with Gasteiger partial charge in [-0.1, -0.05) is 18.2 Å². The summed E-state index contributed by atoms with van der Waals surface area (Å²) in [6.07, 6.45) is 0. The minimum atomic E-state index is -0.475. The van der Waals surface area contributed by atoms with Gasteiger partial charge in [0, 0.05) is 23.9 Å². The first-order valence-electron chi connectivity index (χ1n) is 6.50. The normalized spacial score (nSPS) is 9.95. The Morgan fingerprint density at radius 3 is 2.52 bits per heavy atom. The minimum Gasteiger partial charge on any atom is -0.380 e. The van der Waals surface area contributed by atoms with Crippen molar-refractivity contribution in [1.29, 1.82) is 0 Å². The van der Waals surface area contributed by atoms with Crippen LogP contribution >= 0.6 is 0 Å². The highest BCUT2D eigenvalue weighted by molar-refractivity contribution is 6.05. The number of benzene rings is 2. The van der Waals surface area contributed by atoms with Crippen LogP contribution in [0.4, 0.5) is 17.1 Å². The van der Waals surface area contributed by atoms with Crippen molar-refractivity contribution in [2.45, 2.75) is 6.92 Å². The van der Waals surface area contributed by atoms with E-state index >= 15 is 0 Å². The van der Waals surface area contributed by atoms with Gasteiger partial charge in [-0.05, 0) is 31.2 Å². The third-order valence-electron chi connectivity index (χ3n) is 2.85. The molecule has 0 aromatic heterocycles. The summed E-state index contributed by atoms with van der Waals surface area (Å²) < 4.78 is 0. The van der Waals surface area contributed by atoms with Crippen LogP contribution in [0.25, 0.3) is 0 Å². The summed E-state index contributed by atoms with van der Waals surface area (Å²) in [5.74, 6) is -0.310. The summed E-state index contributed by atoms with van der Waals surface area (Å²) in [4.78, 5) is 22.6. The van der Waals surface area contributed by atoms with Crippen LogP contribution in [0.2, 0.25) is 0 Å². The standard InChI is InChI=1S/C15H15N3O3/c1-2-16-13-10-11(8-9-14(13)18(20)21)15(19)17-12-6-4-3-5-7-12/h3-10,16H,2H2,1H3,(H,17,19). The van der Waals surface area contributed by atoms with Crippen molar-refractivity contribution in [1.82, 2.24) is 0 Å². The van der Waals surface area contributed by atoms with Gasteiger partial charge in [0.2, 0.25) is 0 Å². The van der Waals surface area contributed by atoms with Gasteiger partial charge in [0.25, 0.3) is 11.6 Å². The third-order valence-corrected chi connectivity index (χ3v) is 2.85. The van der Waals surface area contributed by atoms with Crippen LogP contribution in [0.1, 0.15) is 17.3 Å². The highest BCUT2D eigenvalue weighted by atomic mass is 16.6. The number of nitro groups is 1. The number of hydrogen-bond acceptors (Lipinski definition) is 4. The largest absolute Gasteiger partial charge is 0.380 e. The molecule has 0 fully saturated rings. The zero-order valence-electron chi connectivity index (χ0n) is 11.5. The molecule has 2 N–H and O–H groups in total. The van der Waals surface area contributed by atoms with Gasteiger partial charge in [0.05, 0.1) is 4.92 Å². The third kappa shape index (κ3) is 3.56. The van der Waals surface area contributed by atoms with E-state index in [-0.39, 0.29) is 11.6 Å². The van der Waals surface area contributed by atoms with Gasteiger partial charge < -0.3 is 10.6 Å². The smallest absolute Gasteiger partial charge is 0.292 e. The number of nitrogens with zero attached hydrogens (tertiary/aromatic N) is 1. The molecule has 0 spiro atoms. The van der Waals surface area contributed by atoms with Crippen molar-refractivity contribution in [3.05, 3.63) is 64.2 Å². The quantitative estimate of drug-likeness (QED) is 0.652. The van der Waals surface area contributed by atoms with Crippen LogP contribution < -0.4 is 10.6 Å². The molecular formula is C15H15N3O3. The van der Waals surface area contributed by atoms with Gasteiger partial charge in [-0.25, -0.2) is 0 Å². The van der Waals surface area contributed by atoms with E-state index in [0.717, 1.165) is 0 Å². The molecule has 0 aliphatic rings. The number of anilines is 2. The van der Waals surface area contributed by atoms with Crippen molar-refractivity contribution in [2.24, 2.45) is 0 Å². The van der Waals surface area contributed by atoms with E-state index in [1.807, 2.05) is 25.1 Å². The molecule has 2 aromatic rings. The number of carbonyl (C=O) groups excluding carboxylic acids is 1. The number of para-hydroxylation sites is 1. The lowest BCUT2D eigenvalue weighted by Gasteiger charge is -2.08. The molecule has 6 heteroatoms. The highest BCUT2D eigenvalue weighted by Gasteiger charge is 2.16. The van der Waals surface area contributed by atoms with Gasteiger partial charge in [0.15, 0.2) is 0 Å². The fraction of sp³-hybridized carbons (Fsp3) is 0.133. The molecule has 108 valence electrons. The molecule has 6 nitrogen and oxygen atoms in total. The molecule has 2 aromatic carbocycles. The lowest BCUT2D eigenvalue weighted by Crippen LogP contribution is -2.12. The number of rotatable bonds is 5. The lowest BCUT2D eigenvalue weighted by atomic mass is 10.1. The summed E-state index contributed by atoms with van der Waals surface area (Å²) in [5.41, 5.74) is 1.32. The molecule has 0 bridgehead atoms. The Morgan fingerprint density at radius 2 is 1.90 bits per heavy atom. The van der Waals surface area contributed by atoms with Crippen LogP contribution in [0.15, 0.2) is 48.5 Å². The SMILES string of the molecule is CCNc1cc(C(=O)Nc2ccccc2)ccc1[N+](=O)[O-]. The maximum Gasteiger partial charge on any atom is 0.292 e. The van der Waals surface area contributed by atoms with Crippen LogP contribution in [0.5, 0.6) is 0 Å². The van der Waals surface area contributed by atoms with Crippen molar-refractivity contribution in [3.63, 3.8) is 0 Å². The predicted octanol–water partition coefficient (Wildman–Crippen LogP) is 3.28. The Hall–Kier alpha value is -2.89. The van der Waals surface area contributed by atoms with Crippen molar-refractivity contribution < 1.29 is 9.72 Å². The fourth-order valence-corrected chi connectivity index (χ4v) is 1.89. The van der Waals surface area contributed by atoms with Crippen molar-refractivity contribution >= 4 is 23.0 Å². The molecule has 0 saturated carbocycles. The molecule has 0 atom stereocenters. The van der Waals surface area contributed by atoms with E-state index in [9.17, 15) is 14.9 Å². The maximum atomic E-state index is 12.1. The zero-order chi connectivity index (χ0) is 15.2. The zero-order valence-corrected chi connectivity index (χ0v) is 11.5. The molecule has 0 aliphatic heterocycles. The molecule has 0 heterocycles. The summed E-state index contributed by atoms with van der Waals surface area (Å²) in [7, 11) is 0. The summed E-state index contributed by atoms with van der Waals surface area (Å²) >= 11 is 0. The van der Waals surface area contributed by atoms with Crippen LogP contribution in [-0.4, -0.2) is 17.4 Å². The first-order valence-corrected chi connectivity index (χ1v) is 6.50. The Morgan fingerprint density at radius 1 is 1.19 bits per heavy atom. The van der Waals surface area contributed by atoms with Gasteiger partial charge in [-0.2, -0.15) is 0 Å². The summed E-state index contributed by atoms with van der Waals surface area (Å²) in [5, 5.41) is 16.6. The second-order valence-corrected chi connectivity index (χ2v) is 4.34. The minimum absolute atomic E-state index is 0.0480. The molecular weight excluding hydrogens is 270 g/mol. The number of carbonyl (C=O) groups is 1. The Bertz CT molecular complexity index is 656. The second kappa shape index (κ2) is 6.51. The number of nitro benzene ring substituents is 1. The molecule has 0 unspecified atom stereocenters. The van der Waals surface area contributed by atoms with Gasteiger partial charge >= 0.3 is 0 Å². The summed E-state index contributed by atoms with van der Waals surface area (Å²) in [6, 6.07) is 13.3. The van der Waals surface area contributed by atoms with E-state index in [2.05, 4.69) is 10.6 Å². The molecule has 0 radical (unpaired) electrons. The van der Waals surface area contributed by atoms with Crippen LogP contribution in [0, 0.1) is 10.1 Å². The molecule has 1 amide bonds. The topological polar surface area (TPSA) is 84.3 Å². The predicted molar refractivity (Wildman–Crippen MR) is 81.7 cm³/mol. The Balaban J connectivity index is 2.25. The lowest BCUT2D eigenvalue weighted by molar-refractivity contribution is -0.384. The molecule has 21 heavy (non-hydrogen) atoms. The van der Waals surface area contributed by atoms with Gasteiger partial charge in [-0.15, -0.1) is 0 Å². The Kier molecular flexibility index (Phi) is 4.50. The van der Waals surface area contributed by atoms with Crippen molar-refractivity contribution in [3.8, 4) is 0 Å². The van der Waals surface area contributed by atoms with E-state index in [4.69, 9.17) is 0 Å². The fourth-order valence-electron chi connectivity index (χ4n) is 1.89. The van der Waals surface area contributed by atoms with Crippen LogP contribution in [-0.2, 0) is 0 Å². The number of amides is 1. The first-order chi connectivity index (χ1) is 10.1. The van der Waals surface area contributed by atoms with E-state index in [0.29, 0.717) is 23.5 Å². The first kappa shape index (κ1) is 14.5. The maximum absolute atomic E-state index is 12.1. The number of hydrogen-bond donors (Lipinski definition) is 2. The average Bonchev–Trinajstić information content (AvgIpc) is 2.48. The second-order valence-electron chi connectivity index (χ2n) is 4.34. The van der Waals surface area contributed by atoms with Crippen LogP contribution in [0.3, 0.4) is 0 Å².